The van der Waals surface area contributed by atoms with E-state index in [0.717, 1.165) is 0 Å². The topological polar surface area (TPSA) is 141 Å². The van der Waals surface area contributed by atoms with Crippen LogP contribution in [0.5, 0.6) is 0 Å². The second kappa shape index (κ2) is 6.62. The fourth-order valence-electron chi connectivity index (χ4n) is 1.79. The number of nitrogen functional groups attached to an aromatic ring is 1. The predicted molar refractivity (Wildman–Crippen MR) is 79.9 cm³/mol. The van der Waals surface area contributed by atoms with E-state index in [4.69, 9.17) is 15.5 Å². The number of nitrogens with two attached hydrogens (primary N) is 1. The Labute approximate surface area is 121 Å². The van der Waals surface area contributed by atoms with Gasteiger partial charge in [-0.3, -0.25) is 9.13 Å². The zero-order valence-electron chi connectivity index (χ0n) is 10.4. The van der Waals surface area contributed by atoms with Crippen LogP contribution in [0.2, 0.25) is 0 Å². The van der Waals surface area contributed by atoms with Crippen molar-refractivity contribution >= 4 is 33.5 Å². The van der Waals surface area contributed by atoms with Crippen LogP contribution < -0.4 is 5.73 Å². The molecule has 1 aromatic rings. The fourth-order valence-corrected chi connectivity index (χ4v) is 4.60. The molecule has 0 radical (unpaired) electrons. The summed E-state index contributed by atoms with van der Waals surface area (Å²) >= 11 is 4.01. The molecule has 1 rings (SSSR count). The number of anilines is 1. The lowest BCUT2D eigenvalue weighted by molar-refractivity contribution is 0.351. The van der Waals surface area contributed by atoms with Gasteiger partial charge in [-0.05, 0) is 24.1 Å². The second-order valence-electron chi connectivity index (χ2n) is 4.51. The maximum absolute atomic E-state index is 11.6. The van der Waals surface area contributed by atoms with Crippen LogP contribution in [-0.4, -0.2) is 31.0 Å². The van der Waals surface area contributed by atoms with E-state index in [-0.39, 0.29) is 6.42 Å². The molecule has 0 spiro atoms. The minimum Gasteiger partial charge on any atom is -0.399 e. The summed E-state index contributed by atoms with van der Waals surface area (Å²) in [7, 11) is -8.75. The normalized spacial score (nSPS) is 15.8. The summed E-state index contributed by atoms with van der Waals surface area (Å²) in [5.74, 6) is 0. The Morgan fingerprint density at radius 3 is 2.00 bits per heavy atom. The molecule has 0 fully saturated rings. The van der Waals surface area contributed by atoms with Gasteiger partial charge >= 0.3 is 15.2 Å². The number of hydrogen-bond donors (Lipinski definition) is 6. The van der Waals surface area contributed by atoms with E-state index in [1.54, 1.807) is 0 Å². The standard InChI is InChI=1S/C10H17NO6P2S/c11-8-3-1-7(2-4-8)10(19(15,16)17)5-9(20)6-18(12,13)14/h1-4,9-10,20H,5-6,11H2,(H2,12,13,14)(H2,15,16,17). The summed E-state index contributed by atoms with van der Waals surface area (Å²) in [6.45, 7) is 0. The van der Waals surface area contributed by atoms with Crippen LogP contribution in [0.1, 0.15) is 17.6 Å². The molecule has 2 unspecified atom stereocenters. The summed E-state index contributed by atoms with van der Waals surface area (Å²) in [6, 6.07) is 5.98. The summed E-state index contributed by atoms with van der Waals surface area (Å²) < 4.78 is 22.4. The van der Waals surface area contributed by atoms with Gasteiger partial charge in [-0.25, -0.2) is 0 Å². The molecule has 0 amide bonds. The number of hydrogen-bond acceptors (Lipinski definition) is 4. The molecule has 6 N–H and O–H groups in total. The van der Waals surface area contributed by atoms with Crippen molar-refractivity contribution in [2.75, 3.05) is 11.9 Å². The van der Waals surface area contributed by atoms with E-state index in [9.17, 15) is 18.9 Å². The third-order valence-electron chi connectivity index (χ3n) is 2.67. The molecule has 1 aromatic carbocycles. The van der Waals surface area contributed by atoms with Crippen LogP contribution in [-0.2, 0) is 9.13 Å². The van der Waals surface area contributed by atoms with E-state index < -0.39 is 32.3 Å². The number of benzene rings is 1. The molecule has 0 bridgehead atoms. The minimum atomic E-state index is -4.47. The molecule has 0 saturated heterocycles. The average molecular weight is 341 g/mol. The van der Waals surface area contributed by atoms with Crippen LogP contribution in [0.4, 0.5) is 5.69 Å². The quantitative estimate of drug-likeness (QED) is 0.261. The first-order valence-electron chi connectivity index (χ1n) is 5.62. The van der Waals surface area contributed by atoms with Crippen LogP contribution in [0, 0.1) is 0 Å². The summed E-state index contributed by atoms with van der Waals surface area (Å²) in [5.41, 5.74) is 5.15. The van der Waals surface area contributed by atoms with Crippen molar-refractivity contribution in [1.82, 2.24) is 0 Å². The van der Waals surface area contributed by atoms with Crippen molar-refractivity contribution < 1.29 is 28.7 Å². The Hall–Kier alpha value is -0.330. The molecule has 20 heavy (non-hydrogen) atoms. The lowest BCUT2D eigenvalue weighted by atomic mass is 10.1. The molecule has 0 aliphatic rings. The van der Waals surface area contributed by atoms with Gasteiger partial charge in [0.05, 0.1) is 11.8 Å². The molecule has 2 atom stereocenters. The second-order valence-corrected chi connectivity index (χ2v) is 8.73. The first kappa shape index (κ1) is 17.7. The van der Waals surface area contributed by atoms with Crippen LogP contribution >= 0.6 is 27.8 Å². The van der Waals surface area contributed by atoms with Crippen molar-refractivity contribution in [1.29, 1.82) is 0 Å². The van der Waals surface area contributed by atoms with Crippen molar-refractivity contribution in [3.63, 3.8) is 0 Å². The first-order valence-corrected chi connectivity index (χ1v) is 9.62. The van der Waals surface area contributed by atoms with Crippen molar-refractivity contribution in [2.45, 2.75) is 17.3 Å². The van der Waals surface area contributed by atoms with Gasteiger partial charge in [0.15, 0.2) is 0 Å². The minimum absolute atomic E-state index is 0.150. The van der Waals surface area contributed by atoms with Gasteiger partial charge in [-0.2, -0.15) is 12.6 Å². The Morgan fingerprint density at radius 1 is 1.10 bits per heavy atom. The van der Waals surface area contributed by atoms with Crippen LogP contribution in [0.3, 0.4) is 0 Å². The van der Waals surface area contributed by atoms with Gasteiger partial charge in [0.25, 0.3) is 0 Å². The summed E-state index contributed by atoms with van der Waals surface area (Å²) in [6.07, 6.45) is -0.690. The maximum atomic E-state index is 11.6. The monoisotopic (exact) mass is 341 g/mol. The van der Waals surface area contributed by atoms with Crippen molar-refractivity contribution in [3.8, 4) is 0 Å². The van der Waals surface area contributed by atoms with Gasteiger partial charge < -0.3 is 25.3 Å². The highest BCUT2D eigenvalue weighted by Gasteiger charge is 2.33. The molecule has 0 aromatic heterocycles. The summed E-state index contributed by atoms with van der Waals surface area (Å²) in [4.78, 5) is 36.5. The Balaban J connectivity index is 2.95. The highest BCUT2D eigenvalue weighted by Crippen LogP contribution is 2.55. The highest BCUT2D eigenvalue weighted by atomic mass is 32.1. The van der Waals surface area contributed by atoms with Gasteiger partial charge in [-0.1, -0.05) is 12.1 Å². The van der Waals surface area contributed by atoms with Gasteiger partial charge in [0, 0.05) is 10.9 Å². The predicted octanol–water partition coefficient (Wildman–Crippen LogP) is 1.35. The molecule has 0 aliphatic heterocycles. The van der Waals surface area contributed by atoms with Crippen molar-refractivity contribution in [3.05, 3.63) is 29.8 Å². The third-order valence-corrected chi connectivity index (χ3v) is 5.59. The van der Waals surface area contributed by atoms with Crippen LogP contribution in [0.25, 0.3) is 0 Å². The lowest BCUT2D eigenvalue weighted by Gasteiger charge is -2.22. The largest absolute Gasteiger partial charge is 0.399 e. The zero-order valence-corrected chi connectivity index (χ0v) is 13.1. The SMILES string of the molecule is Nc1ccc(C(CC(S)CP(=O)(O)O)P(=O)(O)O)cc1. The Bertz CT molecular complexity index is 539. The maximum Gasteiger partial charge on any atom is 0.332 e. The highest BCUT2D eigenvalue weighted by molar-refractivity contribution is 7.81. The Kier molecular flexibility index (Phi) is 5.87. The Morgan fingerprint density at radius 2 is 1.60 bits per heavy atom. The third kappa shape index (κ3) is 5.97. The van der Waals surface area contributed by atoms with Crippen LogP contribution in [0.15, 0.2) is 24.3 Å². The molecule has 7 nitrogen and oxygen atoms in total. The van der Waals surface area contributed by atoms with E-state index in [2.05, 4.69) is 12.6 Å². The molecular weight excluding hydrogens is 324 g/mol. The van der Waals surface area contributed by atoms with Crippen molar-refractivity contribution in [2.24, 2.45) is 0 Å². The van der Waals surface area contributed by atoms with E-state index in [0.29, 0.717) is 11.3 Å². The average Bonchev–Trinajstić information content (AvgIpc) is 2.23. The lowest BCUT2D eigenvalue weighted by Crippen LogP contribution is -2.12. The smallest absolute Gasteiger partial charge is 0.332 e. The summed E-state index contributed by atoms with van der Waals surface area (Å²) in [5, 5.41) is -0.828. The molecule has 0 saturated carbocycles. The van der Waals surface area contributed by atoms with Gasteiger partial charge in [-0.15, -0.1) is 0 Å². The van der Waals surface area contributed by atoms with Gasteiger partial charge in [0.2, 0.25) is 0 Å². The van der Waals surface area contributed by atoms with E-state index in [1.807, 2.05) is 0 Å². The zero-order chi connectivity index (χ0) is 15.6. The molecule has 10 heteroatoms. The van der Waals surface area contributed by atoms with E-state index >= 15 is 0 Å². The molecular formula is C10H17NO6P2S. The molecule has 0 aliphatic carbocycles. The number of rotatable bonds is 6. The van der Waals surface area contributed by atoms with E-state index in [1.165, 1.54) is 24.3 Å². The fraction of sp³-hybridized carbons (Fsp3) is 0.400. The first-order chi connectivity index (χ1) is 8.99. The molecule has 0 heterocycles. The van der Waals surface area contributed by atoms with Gasteiger partial charge in [0.1, 0.15) is 0 Å². The molecule has 114 valence electrons. The number of thiol groups is 1.